The fourth-order valence-electron chi connectivity index (χ4n) is 5.40. The number of anilines is 1. The Kier molecular flexibility index (Phi) is 6.21. The highest BCUT2D eigenvalue weighted by molar-refractivity contribution is 7.91. The number of nitrogens with two attached hydrogens (primary N) is 1. The quantitative estimate of drug-likeness (QED) is 0.402. The average molecular weight is 532 g/mol. The summed E-state index contributed by atoms with van der Waals surface area (Å²) in [6.45, 7) is 3.85. The molecule has 2 atom stereocenters. The van der Waals surface area contributed by atoms with Crippen LogP contribution in [0, 0.1) is 0 Å². The second-order valence-corrected chi connectivity index (χ2v) is 11.1. The third-order valence-electron chi connectivity index (χ3n) is 7.30. The SMILES string of the molecule is CCn1c(N2CCCC(N)C2)nc2c1c(=O)n(CC1=Nc3ccccc3[S+]([O-])c3ccccc31)c(=O)n2C. The molecular formula is C27H29N7O3S. The van der Waals surface area contributed by atoms with Crippen LogP contribution in [0.1, 0.15) is 25.3 Å². The first-order valence-corrected chi connectivity index (χ1v) is 13.9. The lowest BCUT2D eigenvalue weighted by molar-refractivity contribution is 0.494. The first-order valence-electron chi connectivity index (χ1n) is 12.8. The largest absolute Gasteiger partial charge is 0.606 e. The molecule has 4 aromatic rings. The van der Waals surface area contributed by atoms with E-state index >= 15 is 0 Å². The Morgan fingerprint density at radius 3 is 2.58 bits per heavy atom. The summed E-state index contributed by atoms with van der Waals surface area (Å²) in [5, 5.41) is 0. The zero-order chi connectivity index (χ0) is 26.6. The fourth-order valence-corrected chi connectivity index (χ4v) is 6.73. The van der Waals surface area contributed by atoms with Gasteiger partial charge in [0.2, 0.25) is 5.95 Å². The molecule has 2 aliphatic heterocycles. The van der Waals surface area contributed by atoms with Gasteiger partial charge in [0.1, 0.15) is 5.69 Å². The molecule has 0 saturated carbocycles. The number of benzene rings is 2. The molecule has 2 unspecified atom stereocenters. The van der Waals surface area contributed by atoms with E-state index in [9.17, 15) is 14.1 Å². The molecule has 10 nitrogen and oxygen atoms in total. The van der Waals surface area contributed by atoms with Crippen molar-refractivity contribution < 1.29 is 4.55 Å². The number of aliphatic imine (C=N–C) groups is 1. The van der Waals surface area contributed by atoms with Crippen LogP contribution in [0.3, 0.4) is 0 Å². The summed E-state index contributed by atoms with van der Waals surface area (Å²) in [6, 6.07) is 14.6. The number of hydrogen-bond donors (Lipinski definition) is 1. The number of imidazole rings is 1. The second-order valence-electron chi connectivity index (χ2n) is 9.70. The van der Waals surface area contributed by atoms with E-state index in [-0.39, 0.29) is 12.6 Å². The van der Waals surface area contributed by atoms with Gasteiger partial charge in [-0.2, -0.15) is 4.98 Å². The molecule has 196 valence electrons. The van der Waals surface area contributed by atoms with E-state index in [1.54, 1.807) is 25.2 Å². The Bertz CT molecular complexity index is 1700. The Balaban J connectivity index is 1.53. The van der Waals surface area contributed by atoms with Crippen molar-refractivity contribution in [3.8, 4) is 0 Å². The summed E-state index contributed by atoms with van der Waals surface area (Å²) >= 11 is -1.45. The molecule has 38 heavy (non-hydrogen) atoms. The average Bonchev–Trinajstić information content (AvgIpc) is 3.28. The van der Waals surface area contributed by atoms with Gasteiger partial charge in [0, 0.05) is 43.9 Å². The van der Waals surface area contributed by atoms with Crippen molar-refractivity contribution in [2.24, 2.45) is 17.8 Å². The molecule has 0 radical (unpaired) electrons. The van der Waals surface area contributed by atoms with Crippen molar-refractivity contribution >= 4 is 39.7 Å². The van der Waals surface area contributed by atoms with Gasteiger partial charge in [0.05, 0.1) is 17.8 Å². The summed E-state index contributed by atoms with van der Waals surface area (Å²) in [4.78, 5) is 40.4. The predicted octanol–water partition coefficient (Wildman–Crippen LogP) is 2.15. The number of hydrogen-bond acceptors (Lipinski definition) is 7. The van der Waals surface area contributed by atoms with Gasteiger partial charge in [0.15, 0.2) is 21.0 Å². The van der Waals surface area contributed by atoms with E-state index in [2.05, 4.69) is 4.90 Å². The Morgan fingerprint density at radius 1 is 1.08 bits per heavy atom. The van der Waals surface area contributed by atoms with Crippen LogP contribution in [0.25, 0.3) is 11.2 Å². The molecule has 2 aliphatic rings. The highest BCUT2D eigenvalue weighted by atomic mass is 32.2. The normalized spacial score (nSPS) is 19.2. The van der Waals surface area contributed by atoms with Crippen LogP contribution in [0.2, 0.25) is 0 Å². The molecule has 2 N–H and O–H groups in total. The molecule has 1 fully saturated rings. The molecule has 2 aromatic heterocycles. The maximum atomic E-state index is 14.0. The van der Waals surface area contributed by atoms with E-state index in [4.69, 9.17) is 15.7 Å². The van der Waals surface area contributed by atoms with Crippen LogP contribution in [0.4, 0.5) is 11.6 Å². The van der Waals surface area contributed by atoms with Gasteiger partial charge in [-0.25, -0.2) is 9.79 Å². The molecule has 6 rings (SSSR count). The number of rotatable bonds is 4. The molecule has 0 spiro atoms. The van der Waals surface area contributed by atoms with Gasteiger partial charge in [-0.05, 0) is 44.0 Å². The topological polar surface area (TPSA) is 127 Å². The smallest absolute Gasteiger partial charge is 0.332 e. The van der Waals surface area contributed by atoms with Gasteiger partial charge in [-0.15, -0.1) is 0 Å². The maximum absolute atomic E-state index is 14.0. The molecule has 2 aromatic carbocycles. The zero-order valence-corrected chi connectivity index (χ0v) is 22.1. The Labute approximate surface area is 222 Å². The maximum Gasteiger partial charge on any atom is 0.332 e. The number of fused-ring (bicyclic) bond motifs is 3. The van der Waals surface area contributed by atoms with Gasteiger partial charge >= 0.3 is 5.69 Å². The highest BCUT2D eigenvalue weighted by Gasteiger charge is 2.30. The molecule has 4 heterocycles. The van der Waals surface area contributed by atoms with Crippen molar-refractivity contribution in [1.29, 1.82) is 0 Å². The van der Waals surface area contributed by atoms with Crippen molar-refractivity contribution in [2.45, 2.75) is 48.7 Å². The van der Waals surface area contributed by atoms with Gasteiger partial charge in [-0.1, -0.05) is 24.3 Å². The fraction of sp³-hybridized carbons (Fsp3) is 0.333. The van der Waals surface area contributed by atoms with Crippen LogP contribution in [0.15, 0.2) is 72.9 Å². The van der Waals surface area contributed by atoms with E-state index in [1.807, 2.05) is 41.8 Å². The zero-order valence-electron chi connectivity index (χ0n) is 21.3. The first kappa shape index (κ1) is 24.7. The third-order valence-corrected chi connectivity index (χ3v) is 8.80. The second kappa shape index (κ2) is 9.57. The molecule has 0 aliphatic carbocycles. The molecule has 1 saturated heterocycles. The van der Waals surface area contributed by atoms with Crippen LogP contribution >= 0.6 is 0 Å². The van der Waals surface area contributed by atoms with E-state index < -0.39 is 22.4 Å². The van der Waals surface area contributed by atoms with Gasteiger partial charge in [0.25, 0.3) is 5.56 Å². The standard InChI is InChI=1S/C27H29N7O3S/c1-3-33-23-24(30-26(33)32-14-8-9-17(28)15-32)31(2)27(36)34(25(23)35)16-20-18-10-4-6-12-21(18)38(37)22-13-7-5-11-19(22)29-20/h4-7,10-13,17H,3,8-9,14-16,28H2,1-2H3. The van der Waals surface area contributed by atoms with Crippen molar-refractivity contribution in [2.75, 3.05) is 18.0 Å². The van der Waals surface area contributed by atoms with Crippen molar-refractivity contribution in [3.05, 3.63) is 74.9 Å². The lowest BCUT2D eigenvalue weighted by atomic mass is 10.1. The van der Waals surface area contributed by atoms with Crippen LogP contribution in [0.5, 0.6) is 0 Å². The van der Waals surface area contributed by atoms with Crippen molar-refractivity contribution in [3.63, 3.8) is 0 Å². The van der Waals surface area contributed by atoms with E-state index in [1.165, 1.54) is 9.13 Å². The minimum atomic E-state index is -1.45. The number of piperidine rings is 1. The lowest BCUT2D eigenvalue weighted by Crippen LogP contribution is -2.44. The molecule has 0 bridgehead atoms. The van der Waals surface area contributed by atoms with Crippen LogP contribution < -0.4 is 21.9 Å². The van der Waals surface area contributed by atoms with Crippen LogP contribution in [-0.4, -0.2) is 48.1 Å². The van der Waals surface area contributed by atoms with Crippen LogP contribution in [-0.2, 0) is 31.3 Å². The summed E-state index contributed by atoms with van der Waals surface area (Å²) in [7, 11) is 1.63. The first-order chi connectivity index (χ1) is 18.4. The number of para-hydroxylation sites is 1. The third kappa shape index (κ3) is 3.89. The minimum Gasteiger partial charge on any atom is -0.606 e. The summed E-state index contributed by atoms with van der Waals surface area (Å²) in [5.74, 6) is 0.656. The Morgan fingerprint density at radius 2 is 1.82 bits per heavy atom. The predicted molar refractivity (Wildman–Crippen MR) is 148 cm³/mol. The number of aromatic nitrogens is 4. The monoisotopic (exact) mass is 531 g/mol. The molecular weight excluding hydrogens is 502 g/mol. The highest BCUT2D eigenvalue weighted by Crippen LogP contribution is 2.35. The van der Waals surface area contributed by atoms with Crippen molar-refractivity contribution in [1.82, 2.24) is 18.7 Å². The van der Waals surface area contributed by atoms with E-state index in [0.29, 0.717) is 57.0 Å². The molecule has 11 heteroatoms. The van der Waals surface area contributed by atoms with E-state index in [0.717, 1.165) is 19.4 Å². The Hall–Kier alpha value is -3.67. The minimum absolute atomic E-state index is 0.0380. The summed E-state index contributed by atoms with van der Waals surface area (Å²) in [6.07, 6.45) is 1.89. The summed E-state index contributed by atoms with van der Waals surface area (Å²) < 4.78 is 17.9. The summed E-state index contributed by atoms with van der Waals surface area (Å²) in [5.41, 5.74) is 7.75. The number of nitrogens with zero attached hydrogens (tertiary/aromatic N) is 6. The lowest BCUT2D eigenvalue weighted by Gasteiger charge is -2.31. The number of aryl methyl sites for hydroxylation is 2. The van der Waals surface area contributed by atoms with Gasteiger partial charge in [-0.3, -0.25) is 13.9 Å². The van der Waals surface area contributed by atoms with Gasteiger partial charge < -0.3 is 19.8 Å². The molecule has 0 amide bonds.